The molecule has 0 radical (unpaired) electrons. The first-order valence-electron chi connectivity index (χ1n) is 7.11. The fraction of sp³-hybridized carbons (Fsp3) is 0.529. The van der Waals surface area contributed by atoms with Gasteiger partial charge in [0, 0.05) is 0 Å². The Morgan fingerprint density at radius 2 is 1.67 bits per heavy atom. The van der Waals surface area contributed by atoms with Crippen LogP contribution in [0.1, 0.15) is 57.2 Å². The Kier molecular flexibility index (Phi) is 3.21. The molecule has 1 aromatic carbocycles. The predicted molar refractivity (Wildman–Crippen MR) is 84.1 cm³/mol. The largest absolute Gasteiger partial charge is 0.107 e. The molecule has 1 aromatic rings. The first-order valence-corrected chi connectivity index (χ1v) is 7.11. The van der Waals surface area contributed by atoms with Crippen LogP contribution >= 0.6 is 0 Å². The normalized spacial score (nSPS) is 20.2. The van der Waals surface area contributed by atoms with Crippen LogP contribution < -0.4 is 0 Å². The minimum atomic E-state index is 0.300. The van der Waals surface area contributed by atoms with E-state index in [9.17, 15) is 0 Å². The van der Waals surface area contributed by atoms with E-state index in [1.54, 1.807) is 0 Å². The van der Waals surface area contributed by atoms with Gasteiger partial charge in [-0.2, -0.15) is 0 Å². The van der Waals surface area contributed by atoms with Crippen LogP contribution in [0, 0.1) is 0 Å². The fourth-order valence-electron chi connectivity index (χ4n) is 3.01. The van der Waals surface area contributed by atoms with E-state index < -0.39 is 0 Å². The van der Waals surface area contributed by atoms with Crippen molar-refractivity contribution in [3.8, 4) is 0 Å². The molecule has 0 unspecified atom stereocenters. The second kappa shape index (κ2) is 4.29. The van der Waals surface area contributed by atoms with Crippen LogP contribution in [0.5, 0.6) is 0 Å². The molecule has 0 aliphatic heterocycles. The zero-order valence-electron chi connectivity index (χ0n) is 12.6. The average molecular weight is 240 g/mol. The van der Waals surface area contributed by atoms with Gasteiger partial charge in [0.05, 0.1) is 0 Å². The lowest BCUT2D eigenvalue weighted by molar-refractivity contribution is 0.332. The maximum absolute atomic E-state index is 4.18. The summed E-state index contributed by atoms with van der Waals surface area (Å²) >= 11 is 0. The summed E-state index contributed by atoms with van der Waals surface area (Å²) in [7, 11) is 2.18. The van der Waals surface area contributed by atoms with Crippen molar-refractivity contribution in [3.63, 3.8) is 0 Å². The van der Waals surface area contributed by atoms with Gasteiger partial charge >= 0.3 is 0 Å². The zero-order valence-corrected chi connectivity index (χ0v) is 12.6. The molecule has 2 rings (SSSR count). The molecule has 0 heterocycles. The van der Waals surface area contributed by atoms with Crippen LogP contribution in [0.3, 0.4) is 0 Å². The van der Waals surface area contributed by atoms with Crippen molar-refractivity contribution in [3.05, 3.63) is 41.5 Å². The second-order valence-electron chi connectivity index (χ2n) is 6.99. The number of allylic oxidation sites excluding steroid dienone is 1. The van der Waals surface area contributed by atoms with Gasteiger partial charge in [-0.3, -0.25) is 0 Å². The molecule has 0 bridgehead atoms. The molecule has 0 atom stereocenters. The van der Waals surface area contributed by atoms with E-state index in [4.69, 9.17) is 0 Å². The maximum atomic E-state index is 4.18. The topological polar surface area (TPSA) is 0 Å². The van der Waals surface area contributed by atoms with E-state index in [1.807, 2.05) is 0 Å². The molecule has 0 spiro atoms. The molecule has 0 nitrogen and oxygen atoms in total. The van der Waals surface area contributed by atoms with Gasteiger partial charge in [0.2, 0.25) is 0 Å². The Hall–Kier alpha value is -0.975. The van der Waals surface area contributed by atoms with Crippen molar-refractivity contribution in [1.82, 2.24) is 0 Å². The third-order valence-corrected chi connectivity index (χ3v) is 4.69. The molecule has 0 saturated heterocycles. The molecule has 0 saturated carbocycles. The van der Waals surface area contributed by atoms with Crippen molar-refractivity contribution in [2.45, 2.75) is 57.7 Å². The summed E-state index contributed by atoms with van der Waals surface area (Å²) in [5.74, 6) is 0. The van der Waals surface area contributed by atoms with Gasteiger partial charge in [-0.25, -0.2) is 0 Å². The van der Waals surface area contributed by atoms with Crippen molar-refractivity contribution >= 4 is 13.4 Å². The molecule has 1 aliphatic rings. The van der Waals surface area contributed by atoms with Crippen molar-refractivity contribution < 1.29 is 0 Å². The minimum Gasteiger partial charge on any atom is -0.0960 e. The van der Waals surface area contributed by atoms with Crippen molar-refractivity contribution in [1.29, 1.82) is 0 Å². The minimum absolute atomic E-state index is 0.300. The second-order valence-corrected chi connectivity index (χ2v) is 6.99. The predicted octanol–water partition coefficient (Wildman–Crippen LogP) is 4.10. The van der Waals surface area contributed by atoms with Crippen LogP contribution in [-0.2, 0) is 10.8 Å². The quantitative estimate of drug-likeness (QED) is 0.683. The van der Waals surface area contributed by atoms with Crippen molar-refractivity contribution in [2.24, 2.45) is 0 Å². The van der Waals surface area contributed by atoms with Gasteiger partial charge in [-0.15, -0.1) is 0 Å². The average Bonchev–Trinajstić information content (AvgIpc) is 2.34. The molecular weight excluding hydrogens is 215 g/mol. The van der Waals surface area contributed by atoms with Gasteiger partial charge in [-0.1, -0.05) is 64.4 Å². The van der Waals surface area contributed by atoms with E-state index in [1.165, 1.54) is 35.1 Å². The lowest BCUT2D eigenvalue weighted by Crippen LogP contribution is -2.33. The number of rotatable bonds is 2. The highest BCUT2D eigenvalue weighted by Crippen LogP contribution is 2.46. The number of fused-ring (bicyclic) bond motifs is 1. The summed E-state index contributed by atoms with van der Waals surface area (Å²) in [6.07, 6.45) is 3.58. The number of hydrogen-bond donors (Lipinski definition) is 0. The van der Waals surface area contributed by atoms with E-state index in [0.29, 0.717) is 10.8 Å². The molecule has 1 heteroatoms. The monoisotopic (exact) mass is 240 g/mol. The smallest absolute Gasteiger partial charge is 0.0960 e. The van der Waals surface area contributed by atoms with Crippen LogP contribution in [0.2, 0.25) is 6.32 Å². The van der Waals surface area contributed by atoms with Crippen LogP contribution in [0.15, 0.2) is 24.8 Å². The van der Waals surface area contributed by atoms with Gasteiger partial charge in [0.25, 0.3) is 0 Å². The molecular formula is C17H25B. The number of benzene rings is 1. The Morgan fingerprint density at radius 1 is 1.11 bits per heavy atom. The summed E-state index contributed by atoms with van der Waals surface area (Å²) in [5, 5.41) is 0. The van der Waals surface area contributed by atoms with Gasteiger partial charge in [0.15, 0.2) is 0 Å². The third-order valence-electron chi connectivity index (χ3n) is 4.69. The molecule has 0 aromatic heterocycles. The molecule has 1 aliphatic carbocycles. The molecule has 0 N–H and O–H groups in total. The molecule has 0 fully saturated rings. The molecule has 96 valence electrons. The highest BCUT2D eigenvalue weighted by molar-refractivity contribution is 6.14. The van der Waals surface area contributed by atoms with E-state index >= 15 is 0 Å². The lowest BCUT2D eigenvalue weighted by Gasteiger charge is -2.42. The first-order chi connectivity index (χ1) is 8.28. The van der Waals surface area contributed by atoms with Crippen molar-refractivity contribution in [2.75, 3.05) is 0 Å². The van der Waals surface area contributed by atoms with Crippen LogP contribution in [0.4, 0.5) is 0 Å². The first kappa shape index (κ1) is 13.5. The van der Waals surface area contributed by atoms with E-state index in [0.717, 1.165) is 6.32 Å². The van der Waals surface area contributed by atoms with Gasteiger partial charge < -0.3 is 0 Å². The highest BCUT2D eigenvalue weighted by Gasteiger charge is 2.36. The zero-order chi connectivity index (χ0) is 13.6. The summed E-state index contributed by atoms with van der Waals surface area (Å²) in [4.78, 5) is 0. The van der Waals surface area contributed by atoms with Crippen LogP contribution in [-0.4, -0.2) is 7.85 Å². The maximum Gasteiger partial charge on any atom is 0.107 e. The standard InChI is InChI=1S/C17H25B/c1-12(11-18)13-6-7-14-15(10-13)17(4,5)9-8-16(14,2)3/h6-7,10H,1,8-9,11,18H2,2-5H3. The van der Waals surface area contributed by atoms with Gasteiger partial charge in [-0.05, 0) is 40.4 Å². The molecule has 0 amide bonds. The Balaban J connectivity index is 2.58. The summed E-state index contributed by atoms with van der Waals surface area (Å²) in [5.41, 5.74) is 6.25. The summed E-state index contributed by atoms with van der Waals surface area (Å²) in [6, 6.07) is 6.99. The highest BCUT2D eigenvalue weighted by atomic mass is 14.4. The van der Waals surface area contributed by atoms with E-state index in [2.05, 4.69) is 60.3 Å². The third kappa shape index (κ3) is 2.16. The Morgan fingerprint density at radius 3 is 2.22 bits per heavy atom. The summed E-state index contributed by atoms with van der Waals surface area (Å²) in [6.45, 7) is 13.7. The SMILES string of the molecule is BCC(=C)c1ccc2c(c1)C(C)(C)CCC2(C)C. The Labute approximate surface area is 113 Å². The van der Waals surface area contributed by atoms with Gasteiger partial charge in [0.1, 0.15) is 7.85 Å². The summed E-state index contributed by atoms with van der Waals surface area (Å²) < 4.78 is 0. The van der Waals surface area contributed by atoms with E-state index in [-0.39, 0.29) is 0 Å². The van der Waals surface area contributed by atoms with Crippen LogP contribution in [0.25, 0.3) is 5.57 Å². The number of hydrogen-bond acceptors (Lipinski definition) is 0. The fourth-order valence-corrected chi connectivity index (χ4v) is 3.01. The molecule has 18 heavy (non-hydrogen) atoms. The Bertz CT molecular complexity index is 480. The lowest BCUT2D eigenvalue weighted by atomic mass is 9.63.